The van der Waals surface area contributed by atoms with Gasteiger partial charge >= 0.3 is 0 Å². The van der Waals surface area contributed by atoms with Gasteiger partial charge in [0.2, 0.25) is 0 Å². The Morgan fingerprint density at radius 3 is 1.48 bits per heavy atom. The van der Waals surface area contributed by atoms with Crippen LogP contribution in [-0.2, 0) is 5.41 Å². The second-order valence-corrected chi connectivity index (χ2v) is 6.33. The Morgan fingerprint density at radius 2 is 1.11 bits per heavy atom. The summed E-state index contributed by atoms with van der Waals surface area (Å²) in [4.78, 5) is 0. The van der Waals surface area contributed by atoms with Gasteiger partial charge in [-0.25, -0.2) is 0 Å². The number of aliphatic hydroxyl groups excluding tert-OH is 2. The van der Waals surface area contributed by atoms with Crippen LogP contribution in [-0.4, -0.2) is 37.1 Å². The van der Waals surface area contributed by atoms with Crippen LogP contribution in [0.5, 0.6) is 11.5 Å². The van der Waals surface area contributed by atoms with E-state index in [4.69, 9.17) is 9.47 Å². The highest BCUT2D eigenvalue weighted by Crippen LogP contribution is 2.43. The van der Waals surface area contributed by atoms with Crippen LogP contribution in [0.2, 0.25) is 0 Å². The molecular weight excluding hydrogens is 340 g/mol. The van der Waals surface area contributed by atoms with Crippen molar-refractivity contribution in [2.24, 2.45) is 0 Å². The van der Waals surface area contributed by atoms with E-state index < -0.39 is 11.5 Å². The lowest BCUT2D eigenvalue weighted by atomic mass is 9.66. The average Bonchev–Trinajstić information content (AvgIpc) is 2.75. The van der Waals surface area contributed by atoms with Gasteiger partial charge in [0.25, 0.3) is 0 Å². The Labute approximate surface area is 159 Å². The van der Waals surface area contributed by atoms with E-state index >= 15 is 0 Å². The standard InChI is InChI=1S/C23H24O4/c1-26-20-12-8-18(9-13-20)23(22(25)16-24,17-6-4-3-5-7-17)19-10-14-21(27-2)15-11-19/h3-15,22,24-25H,16H2,1-2H3. The summed E-state index contributed by atoms with van der Waals surface area (Å²) in [6.07, 6.45) is -1.04. The van der Waals surface area contributed by atoms with Crippen molar-refractivity contribution < 1.29 is 19.7 Å². The van der Waals surface area contributed by atoms with Crippen molar-refractivity contribution in [2.45, 2.75) is 11.5 Å². The largest absolute Gasteiger partial charge is 0.497 e. The molecule has 3 rings (SSSR count). The maximum absolute atomic E-state index is 11.1. The number of benzene rings is 3. The van der Waals surface area contributed by atoms with E-state index in [-0.39, 0.29) is 6.61 Å². The van der Waals surface area contributed by atoms with Crippen LogP contribution in [0.15, 0.2) is 78.9 Å². The molecule has 27 heavy (non-hydrogen) atoms. The van der Waals surface area contributed by atoms with E-state index in [0.29, 0.717) is 0 Å². The Balaban J connectivity index is 2.30. The quantitative estimate of drug-likeness (QED) is 0.631. The smallest absolute Gasteiger partial charge is 0.118 e. The van der Waals surface area contributed by atoms with Gasteiger partial charge < -0.3 is 19.7 Å². The number of hydrogen-bond donors (Lipinski definition) is 2. The first-order chi connectivity index (χ1) is 13.2. The van der Waals surface area contributed by atoms with Crippen LogP contribution < -0.4 is 9.47 Å². The first kappa shape index (κ1) is 19.0. The zero-order valence-corrected chi connectivity index (χ0v) is 15.5. The normalized spacial score (nSPS) is 12.4. The molecule has 2 N–H and O–H groups in total. The summed E-state index contributed by atoms with van der Waals surface area (Å²) >= 11 is 0. The van der Waals surface area contributed by atoms with Crippen LogP contribution in [0.1, 0.15) is 16.7 Å². The van der Waals surface area contributed by atoms with Crippen LogP contribution in [0.3, 0.4) is 0 Å². The fourth-order valence-corrected chi connectivity index (χ4v) is 3.62. The molecule has 0 spiro atoms. The zero-order valence-electron chi connectivity index (χ0n) is 15.5. The van der Waals surface area contributed by atoms with Gasteiger partial charge in [-0.1, -0.05) is 54.6 Å². The minimum absolute atomic E-state index is 0.382. The summed E-state index contributed by atoms with van der Waals surface area (Å²) in [5.41, 5.74) is 1.68. The molecule has 3 aromatic carbocycles. The van der Waals surface area contributed by atoms with Gasteiger partial charge in [-0.15, -0.1) is 0 Å². The number of hydrogen-bond acceptors (Lipinski definition) is 4. The minimum Gasteiger partial charge on any atom is -0.497 e. The molecular formula is C23H24O4. The van der Waals surface area contributed by atoms with Gasteiger partial charge in [-0.3, -0.25) is 0 Å². The molecule has 0 aromatic heterocycles. The predicted octanol–water partition coefficient (Wildman–Crippen LogP) is 3.39. The van der Waals surface area contributed by atoms with Crippen molar-refractivity contribution in [1.82, 2.24) is 0 Å². The number of rotatable bonds is 7. The van der Waals surface area contributed by atoms with Crippen LogP contribution in [0.25, 0.3) is 0 Å². The van der Waals surface area contributed by atoms with Gasteiger partial charge in [0.05, 0.1) is 32.3 Å². The first-order valence-electron chi connectivity index (χ1n) is 8.80. The molecule has 0 radical (unpaired) electrons. The molecule has 4 nitrogen and oxygen atoms in total. The molecule has 4 heteroatoms. The average molecular weight is 364 g/mol. The van der Waals surface area contributed by atoms with Crippen molar-refractivity contribution in [3.63, 3.8) is 0 Å². The van der Waals surface area contributed by atoms with E-state index in [0.717, 1.165) is 28.2 Å². The van der Waals surface area contributed by atoms with E-state index in [2.05, 4.69) is 0 Å². The summed E-state index contributed by atoms with van der Waals surface area (Å²) in [6.45, 7) is -0.382. The van der Waals surface area contributed by atoms with Crippen molar-refractivity contribution in [3.05, 3.63) is 95.6 Å². The van der Waals surface area contributed by atoms with Crippen molar-refractivity contribution >= 4 is 0 Å². The fraction of sp³-hybridized carbons (Fsp3) is 0.217. The molecule has 0 saturated carbocycles. The molecule has 0 amide bonds. The Bertz CT molecular complexity index is 794. The Hall–Kier alpha value is -2.82. The van der Waals surface area contributed by atoms with Crippen LogP contribution >= 0.6 is 0 Å². The maximum Gasteiger partial charge on any atom is 0.118 e. The summed E-state index contributed by atoms with van der Waals surface area (Å²) in [7, 11) is 3.23. The molecule has 0 fully saturated rings. The van der Waals surface area contributed by atoms with E-state index in [1.807, 2.05) is 78.9 Å². The third-order valence-corrected chi connectivity index (χ3v) is 4.99. The number of methoxy groups -OCH3 is 2. The maximum atomic E-state index is 11.1. The van der Waals surface area contributed by atoms with Gasteiger partial charge in [0.1, 0.15) is 11.5 Å². The highest BCUT2D eigenvalue weighted by Gasteiger charge is 2.43. The highest BCUT2D eigenvalue weighted by atomic mass is 16.5. The van der Waals surface area contributed by atoms with Gasteiger partial charge in [-0.2, -0.15) is 0 Å². The topological polar surface area (TPSA) is 58.9 Å². The second-order valence-electron chi connectivity index (χ2n) is 6.33. The molecule has 0 bridgehead atoms. The second kappa shape index (κ2) is 8.25. The van der Waals surface area contributed by atoms with Crippen molar-refractivity contribution in [3.8, 4) is 11.5 Å². The molecule has 0 aliphatic rings. The monoisotopic (exact) mass is 364 g/mol. The van der Waals surface area contributed by atoms with Crippen molar-refractivity contribution in [1.29, 1.82) is 0 Å². The Kier molecular flexibility index (Phi) is 5.79. The summed E-state index contributed by atoms with van der Waals surface area (Å²) in [6, 6.07) is 24.9. The lowest BCUT2D eigenvalue weighted by molar-refractivity contribution is 0.0567. The van der Waals surface area contributed by atoms with E-state index in [9.17, 15) is 10.2 Å². The van der Waals surface area contributed by atoms with E-state index in [1.54, 1.807) is 14.2 Å². The highest BCUT2D eigenvalue weighted by molar-refractivity contribution is 5.53. The van der Waals surface area contributed by atoms with Gasteiger partial charge in [0, 0.05) is 0 Å². The SMILES string of the molecule is COc1ccc(C(c2ccccc2)(c2ccc(OC)cc2)C(O)CO)cc1. The third kappa shape index (κ3) is 3.42. The lowest BCUT2D eigenvalue weighted by Crippen LogP contribution is -2.44. The van der Waals surface area contributed by atoms with Crippen molar-refractivity contribution in [2.75, 3.05) is 20.8 Å². The summed E-state index contributed by atoms with van der Waals surface area (Å²) in [5, 5.41) is 21.0. The third-order valence-electron chi connectivity index (χ3n) is 4.99. The van der Waals surface area contributed by atoms with Gasteiger partial charge in [-0.05, 0) is 41.0 Å². The summed E-state index contributed by atoms with van der Waals surface area (Å²) < 4.78 is 10.6. The zero-order chi connectivity index (χ0) is 19.3. The molecule has 1 unspecified atom stereocenters. The first-order valence-corrected chi connectivity index (χ1v) is 8.80. The number of ether oxygens (including phenoxy) is 2. The molecule has 140 valence electrons. The van der Waals surface area contributed by atoms with Crippen LogP contribution in [0, 0.1) is 0 Å². The fourth-order valence-electron chi connectivity index (χ4n) is 3.62. The lowest BCUT2D eigenvalue weighted by Gasteiger charge is -2.39. The Morgan fingerprint density at radius 1 is 0.704 bits per heavy atom. The number of aliphatic hydroxyl groups is 2. The van der Waals surface area contributed by atoms with Gasteiger partial charge in [0.15, 0.2) is 0 Å². The van der Waals surface area contributed by atoms with E-state index in [1.165, 1.54) is 0 Å². The minimum atomic E-state index is -1.04. The van der Waals surface area contributed by atoms with Crippen LogP contribution in [0.4, 0.5) is 0 Å². The summed E-state index contributed by atoms with van der Waals surface area (Å²) in [5.74, 6) is 1.46. The predicted molar refractivity (Wildman–Crippen MR) is 105 cm³/mol. The molecule has 1 atom stereocenters. The molecule has 0 heterocycles. The molecule has 0 saturated heterocycles. The molecule has 3 aromatic rings. The molecule has 0 aliphatic carbocycles. The molecule has 0 aliphatic heterocycles.